The van der Waals surface area contributed by atoms with E-state index in [-0.39, 0.29) is 24.3 Å². The van der Waals surface area contributed by atoms with Gasteiger partial charge in [-0.25, -0.2) is 0 Å². The molecule has 1 amide bonds. The van der Waals surface area contributed by atoms with Gasteiger partial charge in [0.15, 0.2) is 0 Å². The van der Waals surface area contributed by atoms with Gasteiger partial charge in [0.25, 0.3) is 5.91 Å². The first-order valence-electron chi connectivity index (χ1n) is 11.7. The van der Waals surface area contributed by atoms with Crippen LogP contribution in [0.25, 0.3) is 0 Å². The molecular weight excluding hydrogens is 470 g/mol. The monoisotopic (exact) mass is 501 g/mol. The van der Waals surface area contributed by atoms with Gasteiger partial charge in [0.1, 0.15) is 0 Å². The number of rotatable bonds is 7. The van der Waals surface area contributed by atoms with E-state index >= 15 is 0 Å². The van der Waals surface area contributed by atoms with Gasteiger partial charge in [0.05, 0.1) is 12.8 Å². The van der Waals surface area contributed by atoms with Crippen LogP contribution in [-0.4, -0.2) is 54.3 Å². The largest absolute Gasteiger partial charge is 0.466 e. The highest BCUT2D eigenvalue weighted by molar-refractivity contribution is 7.99. The quantitative estimate of drug-likeness (QED) is 0.436. The fourth-order valence-corrected chi connectivity index (χ4v) is 5.17. The fraction of sp³-hybridized carbons (Fsp3) is 0.423. The van der Waals surface area contributed by atoms with E-state index in [0.717, 1.165) is 55.1 Å². The topological polar surface area (TPSA) is 71.0 Å². The van der Waals surface area contributed by atoms with Crippen LogP contribution in [0.1, 0.15) is 46.8 Å². The summed E-state index contributed by atoms with van der Waals surface area (Å²) < 4.78 is 5.11. The fourth-order valence-electron chi connectivity index (χ4n) is 4.28. The molecule has 0 bridgehead atoms. The van der Waals surface area contributed by atoms with E-state index in [1.54, 1.807) is 0 Å². The first kappa shape index (κ1) is 26.1. The van der Waals surface area contributed by atoms with Crippen LogP contribution in [0.3, 0.4) is 0 Å². The van der Waals surface area contributed by atoms with Crippen LogP contribution in [0.4, 0.5) is 5.69 Å². The van der Waals surface area contributed by atoms with Gasteiger partial charge in [-0.1, -0.05) is 18.2 Å². The summed E-state index contributed by atoms with van der Waals surface area (Å²) in [6.45, 7) is 4.21. The molecule has 34 heavy (non-hydrogen) atoms. The summed E-state index contributed by atoms with van der Waals surface area (Å²) in [4.78, 5) is 24.6. The number of anilines is 1. The molecule has 1 atom stereocenters. The predicted molar refractivity (Wildman–Crippen MR) is 141 cm³/mol. The molecule has 6 nitrogen and oxygen atoms in total. The number of nitrogens with one attached hydrogen (secondary N) is 1. The van der Waals surface area contributed by atoms with E-state index in [4.69, 9.17) is 4.74 Å². The van der Waals surface area contributed by atoms with Crippen molar-refractivity contribution in [1.29, 1.82) is 0 Å². The Labute approximate surface area is 211 Å². The number of benzene rings is 2. The summed E-state index contributed by atoms with van der Waals surface area (Å²) in [5.41, 5.74) is 4.87. The number of amides is 1. The molecule has 0 spiro atoms. The highest BCUT2D eigenvalue weighted by Gasteiger charge is 2.22. The number of carbonyl (C=O) groups excluding carboxylic acids is 2. The lowest BCUT2D eigenvalue weighted by Crippen LogP contribution is -2.27. The van der Waals surface area contributed by atoms with E-state index in [0.29, 0.717) is 24.5 Å². The zero-order valence-electron chi connectivity index (χ0n) is 19.5. The number of hydrogen-bond acceptors (Lipinski definition) is 6. The molecule has 1 heterocycles. The van der Waals surface area contributed by atoms with Gasteiger partial charge < -0.3 is 10.1 Å². The summed E-state index contributed by atoms with van der Waals surface area (Å²) in [5.74, 6) is 2.26. The average molecular weight is 502 g/mol. The smallest absolute Gasteiger partial charge is 0.306 e. The molecular formula is C26H32ClN3O3S. The summed E-state index contributed by atoms with van der Waals surface area (Å²) in [6, 6.07) is 13.6. The number of halogens is 1. The average Bonchev–Trinajstić information content (AvgIpc) is 2.83. The van der Waals surface area contributed by atoms with E-state index in [1.807, 2.05) is 61.3 Å². The molecule has 0 radical (unpaired) electrons. The van der Waals surface area contributed by atoms with Crippen molar-refractivity contribution < 1.29 is 14.3 Å². The van der Waals surface area contributed by atoms with Gasteiger partial charge in [-0.2, -0.15) is 16.9 Å². The van der Waals surface area contributed by atoms with Crippen LogP contribution in [0.15, 0.2) is 47.6 Å². The number of aryl methyl sites for hydroxylation is 1. The van der Waals surface area contributed by atoms with Crippen LogP contribution < -0.4 is 5.32 Å². The van der Waals surface area contributed by atoms with E-state index in [9.17, 15) is 9.59 Å². The molecule has 0 aromatic heterocycles. The van der Waals surface area contributed by atoms with E-state index in [1.165, 1.54) is 11.1 Å². The van der Waals surface area contributed by atoms with Gasteiger partial charge in [-0.3, -0.25) is 14.6 Å². The molecule has 1 fully saturated rings. The number of hydrazone groups is 1. The lowest BCUT2D eigenvalue weighted by atomic mass is 9.82. The molecule has 1 unspecified atom stereocenters. The molecule has 1 aliphatic carbocycles. The second kappa shape index (κ2) is 12.8. The number of nitrogens with zero attached hydrogens (tertiary/aromatic N) is 2. The Morgan fingerprint density at radius 1 is 1.15 bits per heavy atom. The Morgan fingerprint density at radius 3 is 2.65 bits per heavy atom. The van der Waals surface area contributed by atoms with Crippen molar-refractivity contribution >= 4 is 47.9 Å². The van der Waals surface area contributed by atoms with E-state index < -0.39 is 0 Å². The minimum Gasteiger partial charge on any atom is -0.466 e. The molecule has 1 saturated heterocycles. The summed E-state index contributed by atoms with van der Waals surface area (Å²) >= 11 is 1.96. The Balaban J connectivity index is 0.00000324. The number of esters is 1. The van der Waals surface area contributed by atoms with Gasteiger partial charge in [0.2, 0.25) is 0 Å². The van der Waals surface area contributed by atoms with Gasteiger partial charge >= 0.3 is 5.97 Å². The lowest BCUT2D eigenvalue weighted by molar-refractivity contribution is -0.144. The summed E-state index contributed by atoms with van der Waals surface area (Å²) in [6.07, 6.45) is 5.09. The van der Waals surface area contributed by atoms with Gasteiger partial charge in [-0.15, -0.1) is 12.4 Å². The van der Waals surface area contributed by atoms with Gasteiger partial charge in [-0.05, 0) is 73.1 Å². The van der Waals surface area contributed by atoms with Crippen molar-refractivity contribution in [2.45, 2.75) is 32.6 Å². The van der Waals surface area contributed by atoms with Crippen molar-refractivity contribution in [1.82, 2.24) is 5.01 Å². The SMILES string of the molecule is CCOC(=O)CC1CCc2ccc(NC(=O)c3ccc(C=NN4CCSCC4)cc3)cc2C1.Cl. The summed E-state index contributed by atoms with van der Waals surface area (Å²) in [5, 5.41) is 9.64. The molecule has 1 aliphatic heterocycles. The number of ether oxygens (including phenoxy) is 1. The third-order valence-electron chi connectivity index (χ3n) is 6.09. The number of fused-ring (bicyclic) bond motifs is 1. The van der Waals surface area contributed by atoms with Crippen LogP contribution in [0, 0.1) is 5.92 Å². The van der Waals surface area contributed by atoms with Crippen LogP contribution in [0.2, 0.25) is 0 Å². The molecule has 2 aliphatic rings. The first-order chi connectivity index (χ1) is 16.1. The third kappa shape index (κ3) is 7.24. The third-order valence-corrected chi connectivity index (χ3v) is 7.03. The highest BCUT2D eigenvalue weighted by Crippen LogP contribution is 2.30. The molecule has 8 heteroatoms. The second-order valence-electron chi connectivity index (χ2n) is 8.49. The Morgan fingerprint density at radius 2 is 1.91 bits per heavy atom. The first-order valence-corrected chi connectivity index (χ1v) is 12.8. The zero-order valence-corrected chi connectivity index (χ0v) is 21.1. The molecule has 2 aromatic carbocycles. The zero-order chi connectivity index (χ0) is 23.0. The molecule has 4 rings (SSSR count). The second-order valence-corrected chi connectivity index (χ2v) is 9.71. The Kier molecular flexibility index (Phi) is 9.84. The van der Waals surface area contributed by atoms with Crippen molar-refractivity contribution in [2.24, 2.45) is 11.0 Å². The maximum Gasteiger partial charge on any atom is 0.306 e. The standard InChI is InChI=1S/C26H31N3O3S.ClH/c1-2-32-25(30)16-20-5-6-21-9-10-24(17-23(21)15-20)28-26(31)22-7-3-19(4-8-22)18-27-29-11-13-33-14-12-29;/h3-4,7-10,17-18,20H,2,5-6,11-16H2,1H3,(H,28,31);1H. The van der Waals surface area contributed by atoms with Crippen molar-refractivity contribution in [2.75, 3.05) is 36.5 Å². The number of thioether (sulfide) groups is 1. The van der Waals surface area contributed by atoms with Crippen molar-refractivity contribution in [3.63, 3.8) is 0 Å². The molecule has 0 saturated carbocycles. The van der Waals surface area contributed by atoms with Crippen molar-refractivity contribution in [3.8, 4) is 0 Å². The minimum atomic E-state index is -0.134. The summed E-state index contributed by atoms with van der Waals surface area (Å²) in [7, 11) is 0. The van der Waals surface area contributed by atoms with Gasteiger partial charge in [0, 0.05) is 42.3 Å². The normalized spacial score (nSPS) is 17.6. The van der Waals surface area contributed by atoms with Crippen LogP contribution in [-0.2, 0) is 22.4 Å². The predicted octanol–water partition coefficient (Wildman–Crippen LogP) is 4.80. The van der Waals surface area contributed by atoms with Crippen LogP contribution >= 0.6 is 24.2 Å². The maximum atomic E-state index is 12.8. The molecule has 2 aromatic rings. The highest BCUT2D eigenvalue weighted by atomic mass is 35.5. The Bertz CT molecular complexity index is 1010. The Hall–Kier alpha value is -2.51. The van der Waals surface area contributed by atoms with Crippen LogP contribution in [0.5, 0.6) is 0 Å². The minimum absolute atomic E-state index is 0. The van der Waals surface area contributed by atoms with Crippen molar-refractivity contribution in [3.05, 3.63) is 64.7 Å². The molecule has 182 valence electrons. The maximum absolute atomic E-state index is 12.8. The van der Waals surface area contributed by atoms with E-state index in [2.05, 4.69) is 21.5 Å². The number of carbonyl (C=O) groups is 2. The number of hydrogen-bond donors (Lipinski definition) is 1. The molecule has 1 N–H and O–H groups in total. The lowest BCUT2D eigenvalue weighted by Gasteiger charge is -2.24.